The van der Waals surface area contributed by atoms with Gasteiger partial charge in [0.15, 0.2) is 0 Å². The van der Waals surface area contributed by atoms with Crippen molar-refractivity contribution in [2.45, 2.75) is 39.7 Å². The number of anilines is 1. The number of halogens is 1. The van der Waals surface area contributed by atoms with E-state index >= 15 is 0 Å². The van der Waals surface area contributed by atoms with E-state index in [1.54, 1.807) is 0 Å². The molecule has 1 aromatic carbocycles. The molecule has 1 aromatic heterocycles. The Bertz CT molecular complexity index is 866. The van der Waals surface area contributed by atoms with Crippen LogP contribution >= 0.6 is 0 Å². The Morgan fingerprint density at radius 3 is 2.52 bits per heavy atom. The zero-order chi connectivity index (χ0) is 18.4. The molecule has 0 aliphatic carbocycles. The van der Waals surface area contributed by atoms with E-state index in [0.29, 0.717) is 29.8 Å². The Balaban J connectivity index is 2.15. The fourth-order valence-electron chi connectivity index (χ4n) is 2.55. The smallest absolute Gasteiger partial charge is 0.284 e. The van der Waals surface area contributed by atoms with Gasteiger partial charge in [-0.15, -0.1) is 0 Å². The van der Waals surface area contributed by atoms with Gasteiger partial charge >= 0.3 is 0 Å². The highest BCUT2D eigenvalue weighted by molar-refractivity contribution is 5.90. The molecule has 0 aliphatic heterocycles. The number of benzene rings is 1. The van der Waals surface area contributed by atoms with Crippen LogP contribution in [0.2, 0.25) is 0 Å². The lowest BCUT2D eigenvalue weighted by Crippen LogP contribution is -2.30. The van der Waals surface area contributed by atoms with Gasteiger partial charge in [0, 0.05) is 12.1 Å². The van der Waals surface area contributed by atoms with Gasteiger partial charge in [-0.05, 0) is 42.7 Å². The lowest BCUT2D eigenvalue weighted by Gasteiger charge is -2.12. The van der Waals surface area contributed by atoms with Crippen LogP contribution in [0.5, 0.6) is 0 Å². The predicted octanol–water partition coefficient (Wildman–Crippen LogP) is 2.41. The van der Waals surface area contributed by atoms with E-state index in [2.05, 4.69) is 10.4 Å². The molecule has 25 heavy (non-hydrogen) atoms. The number of amides is 1. The normalized spacial score (nSPS) is 10.3. The minimum absolute atomic E-state index is 0.0176. The van der Waals surface area contributed by atoms with Gasteiger partial charge in [0.2, 0.25) is 5.91 Å². The highest BCUT2D eigenvalue weighted by Gasteiger charge is 2.15. The summed E-state index contributed by atoms with van der Waals surface area (Å²) in [6.07, 6.45) is 1.17. The van der Waals surface area contributed by atoms with Crippen molar-refractivity contribution in [3.05, 3.63) is 57.3 Å². The van der Waals surface area contributed by atoms with Crippen molar-refractivity contribution in [3.63, 3.8) is 0 Å². The maximum Gasteiger partial charge on any atom is 0.284 e. The zero-order valence-electron chi connectivity index (χ0n) is 14.2. The van der Waals surface area contributed by atoms with E-state index in [9.17, 15) is 19.2 Å². The summed E-state index contributed by atoms with van der Waals surface area (Å²) in [7, 11) is 0. The molecule has 0 bridgehead atoms. The van der Waals surface area contributed by atoms with Gasteiger partial charge in [0.1, 0.15) is 17.4 Å². The molecule has 0 atom stereocenters. The molecule has 0 saturated heterocycles. The molecule has 0 aliphatic rings. The first-order valence-corrected chi connectivity index (χ1v) is 8.08. The highest BCUT2D eigenvalue weighted by Crippen LogP contribution is 2.11. The van der Waals surface area contributed by atoms with Crippen LogP contribution in [0, 0.1) is 17.1 Å². The SMILES string of the molecule is CCc1nn(CCC(=O)Nc2ccc(F)cc2)c(=O)c(C#N)c1CC. The fraction of sp³-hybridized carbons (Fsp3) is 0.333. The first-order chi connectivity index (χ1) is 12.0. The summed E-state index contributed by atoms with van der Waals surface area (Å²) in [5, 5.41) is 16.2. The number of nitrogens with one attached hydrogen (secondary N) is 1. The molecule has 130 valence electrons. The summed E-state index contributed by atoms with van der Waals surface area (Å²) in [6.45, 7) is 3.84. The number of hydrogen-bond acceptors (Lipinski definition) is 4. The van der Waals surface area contributed by atoms with Crippen LogP contribution in [0.4, 0.5) is 10.1 Å². The van der Waals surface area contributed by atoms with E-state index < -0.39 is 5.56 Å². The second-order valence-electron chi connectivity index (χ2n) is 5.45. The Morgan fingerprint density at radius 1 is 1.28 bits per heavy atom. The third-order valence-corrected chi connectivity index (χ3v) is 3.82. The Kier molecular flexibility index (Phi) is 6.01. The van der Waals surface area contributed by atoms with Crippen molar-refractivity contribution in [1.82, 2.24) is 9.78 Å². The minimum Gasteiger partial charge on any atom is -0.326 e. The maximum atomic E-state index is 12.9. The number of nitrogens with zero attached hydrogens (tertiary/aromatic N) is 3. The van der Waals surface area contributed by atoms with E-state index in [1.807, 2.05) is 19.9 Å². The first kappa shape index (κ1) is 18.3. The molecule has 0 saturated carbocycles. The van der Waals surface area contributed by atoms with Crippen LogP contribution in [-0.4, -0.2) is 15.7 Å². The molecule has 7 heteroatoms. The van der Waals surface area contributed by atoms with Crippen LogP contribution in [0.3, 0.4) is 0 Å². The molecule has 0 spiro atoms. The summed E-state index contributed by atoms with van der Waals surface area (Å²) in [5.74, 6) is -0.711. The summed E-state index contributed by atoms with van der Waals surface area (Å²) in [4.78, 5) is 24.4. The van der Waals surface area contributed by atoms with Gasteiger partial charge in [-0.2, -0.15) is 10.4 Å². The lowest BCUT2D eigenvalue weighted by molar-refractivity contribution is -0.116. The van der Waals surface area contributed by atoms with E-state index in [4.69, 9.17) is 0 Å². The molecular weight excluding hydrogens is 323 g/mol. The number of carbonyl (C=O) groups is 1. The molecule has 0 unspecified atom stereocenters. The second kappa shape index (κ2) is 8.20. The molecule has 1 N–H and O–H groups in total. The second-order valence-corrected chi connectivity index (χ2v) is 5.45. The summed E-state index contributed by atoms with van der Waals surface area (Å²) in [5.41, 5.74) is 1.44. The summed E-state index contributed by atoms with van der Waals surface area (Å²) >= 11 is 0. The third kappa shape index (κ3) is 4.29. The lowest BCUT2D eigenvalue weighted by atomic mass is 10.0. The number of nitriles is 1. The van der Waals surface area contributed by atoms with E-state index in [-0.39, 0.29) is 30.3 Å². The number of aromatic nitrogens is 2. The van der Waals surface area contributed by atoms with Crippen molar-refractivity contribution >= 4 is 11.6 Å². The summed E-state index contributed by atoms with van der Waals surface area (Å²) < 4.78 is 14.0. The first-order valence-electron chi connectivity index (χ1n) is 8.08. The van der Waals surface area contributed by atoms with Crippen molar-refractivity contribution in [2.24, 2.45) is 0 Å². The van der Waals surface area contributed by atoms with Crippen LogP contribution < -0.4 is 10.9 Å². The van der Waals surface area contributed by atoms with E-state index in [0.717, 1.165) is 0 Å². The molecule has 0 fully saturated rings. The number of aryl methyl sites for hydroxylation is 2. The number of rotatable bonds is 6. The van der Waals surface area contributed by atoms with Crippen LogP contribution in [0.25, 0.3) is 0 Å². The van der Waals surface area contributed by atoms with Crippen LogP contribution in [0.15, 0.2) is 29.1 Å². The Hall–Kier alpha value is -3.01. The molecule has 6 nitrogen and oxygen atoms in total. The topological polar surface area (TPSA) is 87.8 Å². The molecule has 0 radical (unpaired) electrons. The van der Waals surface area contributed by atoms with Crippen LogP contribution in [-0.2, 0) is 24.2 Å². The quantitative estimate of drug-likeness (QED) is 0.873. The minimum atomic E-state index is -0.480. The van der Waals surface area contributed by atoms with Crippen molar-refractivity contribution in [1.29, 1.82) is 5.26 Å². The standard InChI is InChI=1S/C18H19FN4O2/c1-3-14-15(11-20)18(25)23(22-16(14)4-2)10-9-17(24)21-13-7-5-12(19)6-8-13/h5-8H,3-4,9-10H2,1-2H3,(H,21,24). The third-order valence-electron chi connectivity index (χ3n) is 3.82. The average molecular weight is 342 g/mol. The molecule has 2 aromatic rings. The Morgan fingerprint density at radius 2 is 1.96 bits per heavy atom. The average Bonchev–Trinajstić information content (AvgIpc) is 2.62. The highest BCUT2D eigenvalue weighted by atomic mass is 19.1. The molecule has 2 rings (SSSR count). The number of hydrogen-bond donors (Lipinski definition) is 1. The molecular formula is C18H19FN4O2. The van der Waals surface area contributed by atoms with Crippen molar-refractivity contribution in [3.8, 4) is 6.07 Å². The molecule has 1 amide bonds. The van der Waals surface area contributed by atoms with Crippen molar-refractivity contribution < 1.29 is 9.18 Å². The maximum absolute atomic E-state index is 12.9. The van der Waals surface area contributed by atoms with Crippen LogP contribution in [0.1, 0.15) is 37.1 Å². The fourth-order valence-corrected chi connectivity index (χ4v) is 2.55. The largest absolute Gasteiger partial charge is 0.326 e. The van der Waals surface area contributed by atoms with Gasteiger partial charge in [-0.25, -0.2) is 9.07 Å². The number of carbonyl (C=O) groups excluding carboxylic acids is 1. The summed E-state index contributed by atoms with van der Waals surface area (Å²) in [6, 6.07) is 7.36. The Labute approximate surface area is 144 Å². The van der Waals surface area contributed by atoms with Gasteiger partial charge in [0.25, 0.3) is 5.56 Å². The predicted molar refractivity (Wildman–Crippen MR) is 91.6 cm³/mol. The molecule has 1 heterocycles. The van der Waals surface area contributed by atoms with Gasteiger partial charge < -0.3 is 5.32 Å². The van der Waals surface area contributed by atoms with Gasteiger partial charge in [-0.1, -0.05) is 13.8 Å². The monoisotopic (exact) mass is 342 g/mol. The van der Waals surface area contributed by atoms with Gasteiger partial charge in [-0.3, -0.25) is 9.59 Å². The van der Waals surface area contributed by atoms with E-state index in [1.165, 1.54) is 28.9 Å². The van der Waals surface area contributed by atoms with Crippen molar-refractivity contribution in [2.75, 3.05) is 5.32 Å². The van der Waals surface area contributed by atoms with Gasteiger partial charge in [0.05, 0.1) is 12.2 Å². The zero-order valence-corrected chi connectivity index (χ0v) is 14.2.